The Kier molecular flexibility index (Phi) is 7.92. The van der Waals surface area contributed by atoms with Crippen LogP contribution in [0.25, 0.3) is 0 Å². The lowest BCUT2D eigenvalue weighted by molar-refractivity contribution is -0.145. The van der Waals surface area contributed by atoms with Gasteiger partial charge in [-0.2, -0.15) is 11.8 Å². The van der Waals surface area contributed by atoms with Gasteiger partial charge in [0.1, 0.15) is 5.54 Å². The molecule has 1 rings (SSSR count). The van der Waals surface area contributed by atoms with Crippen molar-refractivity contribution in [3.63, 3.8) is 0 Å². The molecule has 0 aromatic carbocycles. The predicted octanol–water partition coefficient (Wildman–Crippen LogP) is 2.91. The fourth-order valence-electron chi connectivity index (χ4n) is 2.63. The van der Waals surface area contributed by atoms with Crippen LogP contribution in [0.2, 0.25) is 0 Å². The van der Waals surface area contributed by atoms with Crippen molar-refractivity contribution in [2.24, 2.45) is 0 Å². The van der Waals surface area contributed by atoms with Gasteiger partial charge in [0.15, 0.2) is 0 Å². The number of ether oxygens (including phenoxy) is 1. The van der Waals surface area contributed by atoms with E-state index < -0.39 is 11.5 Å². The molecule has 3 unspecified atom stereocenters. The average molecular weight is 303 g/mol. The number of aliphatic carboxylic acids is 1. The molecule has 1 saturated heterocycles. The maximum absolute atomic E-state index is 11.6. The number of hydrogen-bond acceptors (Lipinski definition) is 4. The van der Waals surface area contributed by atoms with Crippen molar-refractivity contribution in [1.29, 1.82) is 0 Å². The van der Waals surface area contributed by atoms with Crippen LogP contribution in [-0.4, -0.2) is 46.9 Å². The highest BCUT2D eigenvalue weighted by molar-refractivity contribution is 7.99. The number of carbonyl (C=O) groups is 1. The van der Waals surface area contributed by atoms with Crippen molar-refractivity contribution in [2.75, 3.05) is 18.9 Å². The quantitative estimate of drug-likeness (QED) is 0.608. The molecule has 0 bridgehead atoms. The number of carboxylic acids is 1. The van der Waals surface area contributed by atoms with Crippen LogP contribution in [0, 0.1) is 0 Å². The summed E-state index contributed by atoms with van der Waals surface area (Å²) >= 11 is 1.93. The molecule has 0 radical (unpaired) electrons. The van der Waals surface area contributed by atoms with E-state index in [9.17, 15) is 9.90 Å². The summed E-state index contributed by atoms with van der Waals surface area (Å²) in [4.78, 5) is 11.6. The zero-order valence-electron chi connectivity index (χ0n) is 13.0. The van der Waals surface area contributed by atoms with Gasteiger partial charge in [-0.3, -0.25) is 4.79 Å². The van der Waals surface area contributed by atoms with Crippen LogP contribution in [0.1, 0.15) is 52.9 Å². The van der Waals surface area contributed by atoms with Crippen LogP contribution in [0.4, 0.5) is 0 Å². The Morgan fingerprint density at radius 3 is 2.75 bits per heavy atom. The lowest BCUT2D eigenvalue weighted by atomic mass is 9.90. The molecule has 1 aliphatic heterocycles. The average Bonchev–Trinajstić information content (AvgIpc) is 2.83. The van der Waals surface area contributed by atoms with Gasteiger partial charge in [-0.1, -0.05) is 13.8 Å². The van der Waals surface area contributed by atoms with Gasteiger partial charge in [0.2, 0.25) is 0 Å². The molecule has 0 saturated carbocycles. The number of hydrogen-bond donors (Lipinski definition) is 2. The van der Waals surface area contributed by atoms with Crippen LogP contribution in [0.3, 0.4) is 0 Å². The van der Waals surface area contributed by atoms with Gasteiger partial charge < -0.3 is 15.2 Å². The van der Waals surface area contributed by atoms with Crippen molar-refractivity contribution in [3.8, 4) is 0 Å². The van der Waals surface area contributed by atoms with Crippen molar-refractivity contribution >= 4 is 17.7 Å². The van der Waals surface area contributed by atoms with Gasteiger partial charge in [-0.15, -0.1) is 0 Å². The summed E-state index contributed by atoms with van der Waals surface area (Å²) < 4.78 is 5.55. The van der Waals surface area contributed by atoms with Gasteiger partial charge in [-0.05, 0) is 51.3 Å². The number of nitrogens with one attached hydrogen (secondary N) is 1. The number of carboxylic acid groups (broad SMARTS) is 1. The smallest absolute Gasteiger partial charge is 0.323 e. The van der Waals surface area contributed by atoms with Crippen LogP contribution < -0.4 is 5.32 Å². The van der Waals surface area contributed by atoms with Gasteiger partial charge >= 0.3 is 5.97 Å². The second-order valence-electron chi connectivity index (χ2n) is 5.54. The molecule has 0 aromatic heterocycles. The zero-order valence-corrected chi connectivity index (χ0v) is 13.8. The Hall–Kier alpha value is -0.260. The minimum absolute atomic E-state index is 0.341. The summed E-state index contributed by atoms with van der Waals surface area (Å²) in [6, 6.07) is 0. The van der Waals surface area contributed by atoms with E-state index in [0.717, 1.165) is 38.2 Å². The predicted molar refractivity (Wildman–Crippen MR) is 84.5 cm³/mol. The normalized spacial score (nSPS) is 25.6. The first-order chi connectivity index (χ1) is 9.55. The first-order valence-electron chi connectivity index (χ1n) is 7.77. The molecule has 1 heterocycles. The van der Waals surface area contributed by atoms with E-state index in [-0.39, 0.29) is 0 Å². The molecule has 0 aromatic rings. The van der Waals surface area contributed by atoms with Crippen LogP contribution in [-0.2, 0) is 9.53 Å². The SMILES string of the molecule is CCCNC(CC)(CCCSC1CCOC1C)C(=O)O. The summed E-state index contributed by atoms with van der Waals surface area (Å²) in [5, 5.41) is 13.3. The van der Waals surface area contributed by atoms with Crippen LogP contribution >= 0.6 is 11.8 Å². The summed E-state index contributed by atoms with van der Waals surface area (Å²) in [7, 11) is 0. The zero-order chi connectivity index (χ0) is 15.0. The first-order valence-corrected chi connectivity index (χ1v) is 8.82. The van der Waals surface area contributed by atoms with E-state index in [2.05, 4.69) is 19.2 Å². The maximum Gasteiger partial charge on any atom is 0.323 e. The van der Waals surface area contributed by atoms with E-state index in [1.54, 1.807) is 0 Å². The molecule has 3 atom stereocenters. The largest absolute Gasteiger partial charge is 0.480 e. The lowest BCUT2D eigenvalue weighted by Gasteiger charge is -2.29. The third-order valence-corrected chi connectivity index (χ3v) is 5.68. The Morgan fingerprint density at radius 2 is 2.25 bits per heavy atom. The second kappa shape index (κ2) is 8.90. The minimum Gasteiger partial charge on any atom is -0.480 e. The molecule has 5 heteroatoms. The van der Waals surface area contributed by atoms with Crippen molar-refractivity contribution in [1.82, 2.24) is 5.32 Å². The molecule has 2 N–H and O–H groups in total. The van der Waals surface area contributed by atoms with E-state index in [1.807, 2.05) is 18.7 Å². The Bertz CT molecular complexity index is 301. The summed E-state index contributed by atoms with van der Waals surface area (Å²) in [6.45, 7) is 7.77. The molecule has 0 spiro atoms. The van der Waals surface area contributed by atoms with E-state index in [4.69, 9.17) is 4.74 Å². The Morgan fingerprint density at radius 1 is 1.50 bits per heavy atom. The fraction of sp³-hybridized carbons (Fsp3) is 0.933. The topological polar surface area (TPSA) is 58.6 Å². The molecular formula is C15H29NO3S. The third kappa shape index (κ3) is 4.93. The molecule has 20 heavy (non-hydrogen) atoms. The molecule has 0 aliphatic carbocycles. The standard InChI is InChI=1S/C15H29NO3S/c1-4-9-16-15(5-2,14(17)18)8-6-11-20-13-7-10-19-12(13)3/h12-13,16H,4-11H2,1-3H3,(H,17,18). The van der Waals surface area contributed by atoms with Crippen molar-refractivity contribution in [3.05, 3.63) is 0 Å². The molecule has 0 amide bonds. The lowest BCUT2D eigenvalue weighted by Crippen LogP contribution is -2.52. The van der Waals surface area contributed by atoms with Gasteiger partial charge in [-0.25, -0.2) is 0 Å². The maximum atomic E-state index is 11.6. The summed E-state index contributed by atoms with van der Waals surface area (Å²) in [6.07, 6.45) is 4.70. The van der Waals surface area contributed by atoms with Gasteiger partial charge in [0.05, 0.1) is 6.10 Å². The monoisotopic (exact) mass is 303 g/mol. The fourth-order valence-corrected chi connectivity index (χ4v) is 3.85. The van der Waals surface area contributed by atoms with Gasteiger partial charge in [0.25, 0.3) is 0 Å². The first kappa shape index (κ1) is 17.8. The van der Waals surface area contributed by atoms with Gasteiger partial charge in [0, 0.05) is 11.9 Å². The molecular weight excluding hydrogens is 274 g/mol. The Balaban J connectivity index is 2.36. The van der Waals surface area contributed by atoms with E-state index in [0.29, 0.717) is 24.2 Å². The highest BCUT2D eigenvalue weighted by Gasteiger charge is 2.35. The van der Waals surface area contributed by atoms with E-state index >= 15 is 0 Å². The second-order valence-corrected chi connectivity index (χ2v) is 6.89. The molecule has 4 nitrogen and oxygen atoms in total. The molecule has 1 fully saturated rings. The van der Waals surface area contributed by atoms with Crippen molar-refractivity contribution < 1.29 is 14.6 Å². The number of rotatable bonds is 10. The van der Waals surface area contributed by atoms with E-state index in [1.165, 1.54) is 0 Å². The molecule has 1 aliphatic rings. The Labute approximate surface area is 127 Å². The summed E-state index contributed by atoms with van der Waals surface area (Å²) in [5.74, 6) is 0.303. The van der Waals surface area contributed by atoms with Crippen LogP contribution in [0.5, 0.6) is 0 Å². The third-order valence-electron chi connectivity index (χ3n) is 4.11. The minimum atomic E-state index is -0.742. The molecule has 118 valence electrons. The van der Waals surface area contributed by atoms with Crippen LogP contribution in [0.15, 0.2) is 0 Å². The number of thioether (sulfide) groups is 1. The van der Waals surface area contributed by atoms with Crippen molar-refractivity contribution in [2.45, 2.75) is 69.8 Å². The highest BCUT2D eigenvalue weighted by Crippen LogP contribution is 2.28. The summed E-state index contributed by atoms with van der Waals surface area (Å²) in [5.41, 5.74) is -0.742. The highest BCUT2D eigenvalue weighted by atomic mass is 32.2.